The molecule has 2 rings (SSSR count). The summed E-state index contributed by atoms with van der Waals surface area (Å²) >= 11 is 1.97. The van der Waals surface area contributed by atoms with Crippen LogP contribution in [0.4, 0.5) is 0 Å². The van der Waals surface area contributed by atoms with Crippen molar-refractivity contribution in [2.24, 2.45) is 4.99 Å². The third-order valence-electron chi connectivity index (χ3n) is 3.48. The van der Waals surface area contributed by atoms with Gasteiger partial charge < -0.3 is 10.6 Å². The van der Waals surface area contributed by atoms with Crippen LogP contribution < -0.4 is 15.4 Å². The third-order valence-corrected chi connectivity index (χ3v) is 6.30. The van der Waals surface area contributed by atoms with E-state index in [1.807, 2.05) is 18.7 Å². The molecule has 0 radical (unpaired) electrons. The Morgan fingerprint density at radius 1 is 1.42 bits per heavy atom. The highest BCUT2D eigenvalue weighted by molar-refractivity contribution is 8.00. The van der Waals surface area contributed by atoms with Crippen molar-refractivity contribution in [1.82, 2.24) is 20.3 Å². The van der Waals surface area contributed by atoms with Gasteiger partial charge >= 0.3 is 0 Å². The Morgan fingerprint density at radius 2 is 2.29 bits per heavy atom. The van der Waals surface area contributed by atoms with Crippen molar-refractivity contribution < 1.29 is 8.42 Å². The van der Waals surface area contributed by atoms with Crippen molar-refractivity contribution in [1.29, 1.82) is 0 Å². The summed E-state index contributed by atoms with van der Waals surface area (Å²) < 4.78 is 26.7. The van der Waals surface area contributed by atoms with Gasteiger partial charge in [0, 0.05) is 37.3 Å². The van der Waals surface area contributed by atoms with Crippen LogP contribution in [-0.4, -0.2) is 56.5 Å². The average Bonchev–Trinajstić information content (AvgIpc) is 3.11. The maximum absolute atomic E-state index is 12.1. The van der Waals surface area contributed by atoms with E-state index in [4.69, 9.17) is 0 Å². The summed E-state index contributed by atoms with van der Waals surface area (Å²) in [6, 6.07) is 3.12. The fourth-order valence-corrected chi connectivity index (χ4v) is 4.45. The molecule has 3 N–H and O–H groups in total. The van der Waals surface area contributed by atoms with E-state index in [0.717, 1.165) is 19.0 Å². The number of aromatic nitrogens is 1. The second-order valence-electron chi connectivity index (χ2n) is 5.37. The molecule has 0 saturated carbocycles. The molecule has 1 aliphatic heterocycles. The normalized spacial score (nSPS) is 18.5. The van der Waals surface area contributed by atoms with Gasteiger partial charge in [-0.15, -0.1) is 0 Å². The Labute approximate surface area is 148 Å². The lowest BCUT2D eigenvalue weighted by molar-refractivity contribution is 0.580. The highest BCUT2D eigenvalue weighted by Crippen LogP contribution is 2.25. The molecule has 0 aromatic carbocycles. The highest BCUT2D eigenvalue weighted by atomic mass is 32.2. The van der Waals surface area contributed by atoms with Crippen LogP contribution in [-0.2, 0) is 10.0 Å². The number of nitrogens with zero attached hydrogens (tertiary/aromatic N) is 2. The summed E-state index contributed by atoms with van der Waals surface area (Å²) in [5, 5.41) is 6.94. The zero-order valence-electron chi connectivity index (χ0n) is 13.9. The molecule has 1 aliphatic rings. The van der Waals surface area contributed by atoms with Crippen LogP contribution in [0, 0.1) is 0 Å². The van der Waals surface area contributed by atoms with Crippen LogP contribution in [0.2, 0.25) is 0 Å². The number of thioether (sulfide) groups is 1. The number of hydrogen-bond donors (Lipinski definition) is 3. The van der Waals surface area contributed by atoms with E-state index in [0.29, 0.717) is 11.8 Å². The lowest BCUT2D eigenvalue weighted by Crippen LogP contribution is -2.41. The van der Waals surface area contributed by atoms with Crippen LogP contribution >= 0.6 is 11.8 Å². The molecule has 0 bridgehead atoms. The first-order valence-corrected chi connectivity index (χ1v) is 10.7. The SMILES string of the molecule is CCNC(=NCC1CCCS1)NCCNS(=O)(=O)c1cccnc1. The Balaban J connectivity index is 1.76. The lowest BCUT2D eigenvalue weighted by atomic mass is 10.2. The smallest absolute Gasteiger partial charge is 0.242 e. The molecule has 1 saturated heterocycles. The molecule has 0 spiro atoms. The fraction of sp³-hybridized carbons (Fsp3) is 0.600. The van der Waals surface area contributed by atoms with Crippen molar-refractivity contribution in [3.05, 3.63) is 24.5 Å². The van der Waals surface area contributed by atoms with Crippen LogP contribution in [0.5, 0.6) is 0 Å². The van der Waals surface area contributed by atoms with E-state index in [-0.39, 0.29) is 11.4 Å². The molecule has 1 fully saturated rings. The maximum atomic E-state index is 12.1. The van der Waals surface area contributed by atoms with Gasteiger partial charge in [0.2, 0.25) is 10.0 Å². The molecule has 0 amide bonds. The zero-order chi connectivity index (χ0) is 17.3. The first-order valence-electron chi connectivity index (χ1n) is 8.15. The number of sulfonamides is 1. The van der Waals surface area contributed by atoms with E-state index in [1.165, 1.54) is 30.9 Å². The van der Waals surface area contributed by atoms with E-state index in [9.17, 15) is 8.42 Å². The molecule has 2 heterocycles. The van der Waals surface area contributed by atoms with Gasteiger partial charge in [0.25, 0.3) is 0 Å². The minimum atomic E-state index is -3.51. The summed E-state index contributed by atoms with van der Waals surface area (Å²) in [5.41, 5.74) is 0. The molecular weight excluding hydrogens is 346 g/mol. The second kappa shape index (κ2) is 9.85. The van der Waals surface area contributed by atoms with Crippen molar-refractivity contribution in [2.75, 3.05) is 31.9 Å². The largest absolute Gasteiger partial charge is 0.357 e. The summed E-state index contributed by atoms with van der Waals surface area (Å²) in [4.78, 5) is 8.57. The van der Waals surface area contributed by atoms with E-state index < -0.39 is 10.0 Å². The number of hydrogen-bond acceptors (Lipinski definition) is 5. The molecular formula is C15H25N5O2S2. The second-order valence-corrected chi connectivity index (χ2v) is 8.54. The Kier molecular flexibility index (Phi) is 7.80. The molecule has 7 nitrogen and oxygen atoms in total. The Morgan fingerprint density at radius 3 is 2.96 bits per heavy atom. The first-order chi connectivity index (χ1) is 11.6. The van der Waals surface area contributed by atoms with Gasteiger partial charge in [0.1, 0.15) is 4.90 Å². The Hall–Kier alpha value is -1.32. The van der Waals surface area contributed by atoms with Crippen molar-refractivity contribution in [3.8, 4) is 0 Å². The summed E-state index contributed by atoms with van der Waals surface area (Å²) in [6.07, 6.45) is 5.37. The van der Waals surface area contributed by atoms with Crippen LogP contribution in [0.3, 0.4) is 0 Å². The highest BCUT2D eigenvalue weighted by Gasteiger charge is 2.15. The van der Waals surface area contributed by atoms with Crippen LogP contribution in [0.15, 0.2) is 34.4 Å². The molecule has 1 aromatic rings. The molecule has 0 aliphatic carbocycles. The number of rotatable bonds is 8. The molecule has 24 heavy (non-hydrogen) atoms. The molecule has 1 atom stereocenters. The van der Waals surface area contributed by atoms with Crippen molar-refractivity contribution >= 4 is 27.7 Å². The van der Waals surface area contributed by atoms with Gasteiger partial charge in [-0.2, -0.15) is 11.8 Å². The van der Waals surface area contributed by atoms with Gasteiger partial charge in [-0.1, -0.05) is 0 Å². The van der Waals surface area contributed by atoms with Gasteiger partial charge in [-0.3, -0.25) is 9.98 Å². The molecule has 1 unspecified atom stereocenters. The lowest BCUT2D eigenvalue weighted by Gasteiger charge is -2.13. The van der Waals surface area contributed by atoms with E-state index in [1.54, 1.807) is 12.3 Å². The monoisotopic (exact) mass is 371 g/mol. The third kappa shape index (κ3) is 6.29. The molecule has 9 heteroatoms. The number of aliphatic imine (C=N–C) groups is 1. The predicted octanol–water partition coefficient (Wildman–Crippen LogP) is 0.811. The fourth-order valence-electron chi connectivity index (χ4n) is 2.28. The van der Waals surface area contributed by atoms with E-state index >= 15 is 0 Å². The topological polar surface area (TPSA) is 95.5 Å². The average molecular weight is 372 g/mol. The number of nitrogens with one attached hydrogen (secondary N) is 3. The van der Waals surface area contributed by atoms with Gasteiger partial charge in [-0.25, -0.2) is 13.1 Å². The summed E-state index contributed by atoms with van der Waals surface area (Å²) in [7, 11) is -3.51. The first kappa shape index (κ1) is 19.0. The number of pyridine rings is 1. The minimum absolute atomic E-state index is 0.170. The Bertz CT molecular complexity index is 616. The maximum Gasteiger partial charge on any atom is 0.242 e. The van der Waals surface area contributed by atoms with Gasteiger partial charge in [0.05, 0.1) is 6.54 Å². The van der Waals surface area contributed by atoms with Gasteiger partial charge in [0.15, 0.2) is 5.96 Å². The predicted molar refractivity (Wildman–Crippen MR) is 98.9 cm³/mol. The van der Waals surface area contributed by atoms with E-state index in [2.05, 4.69) is 25.3 Å². The zero-order valence-corrected chi connectivity index (χ0v) is 15.5. The van der Waals surface area contributed by atoms with Crippen LogP contribution in [0.25, 0.3) is 0 Å². The molecule has 134 valence electrons. The number of guanidine groups is 1. The summed E-state index contributed by atoms with van der Waals surface area (Å²) in [5.74, 6) is 1.95. The summed E-state index contributed by atoms with van der Waals surface area (Å²) in [6.45, 7) is 4.31. The van der Waals surface area contributed by atoms with Crippen LogP contribution in [0.1, 0.15) is 19.8 Å². The standard InChI is InChI=1S/C15H25N5O2S2/c1-2-17-15(19-11-13-5-4-10-23-13)18-8-9-20-24(21,22)14-6-3-7-16-12-14/h3,6-7,12-13,20H,2,4-5,8-11H2,1H3,(H2,17,18,19). The minimum Gasteiger partial charge on any atom is -0.357 e. The van der Waals surface area contributed by atoms with Crippen molar-refractivity contribution in [3.63, 3.8) is 0 Å². The van der Waals surface area contributed by atoms with Crippen molar-refractivity contribution in [2.45, 2.75) is 29.9 Å². The quantitative estimate of drug-likeness (QED) is 0.356. The molecule has 1 aromatic heterocycles. The van der Waals surface area contributed by atoms with Gasteiger partial charge in [-0.05, 0) is 37.7 Å².